The molecule has 0 bridgehead atoms. The van der Waals surface area contributed by atoms with Gasteiger partial charge in [-0.15, -0.1) is 11.3 Å². The van der Waals surface area contributed by atoms with Crippen LogP contribution in [0.4, 0.5) is 5.69 Å². The van der Waals surface area contributed by atoms with Crippen molar-refractivity contribution in [1.29, 1.82) is 0 Å². The number of carbonyl (C=O) groups excluding carboxylic acids is 1. The third kappa shape index (κ3) is 2.77. The number of hydrogen-bond donors (Lipinski definition) is 0. The molecule has 4 rings (SSSR count). The maximum atomic E-state index is 12.9. The Morgan fingerprint density at radius 3 is 2.96 bits per heavy atom. The Hall–Kier alpha value is -2.37. The number of fused-ring (bicyclic) bond motifs is 1. The number of anilines is 1. The lowest BCUT2D eigenvalue weighted by molar-refractivity contribution is 0.0972. The number of para-hydroxylation sites is 2. The summed E-state index contributed by atoms with van der Waals surface area (Å²) in [7, 11) is 0. The second kappa shape index (κ2) is 6.26. The summed E-state index contributed by atoms with van der Waals surface area (Å²) in [6.45, 7) is 0.994. The number of ether oxygens (including phenoxy) is 1. The molecule has 1 aliphatic rings. The molecule has 0 saturated heterocycles. The summed E-state index contributed by atoms with van der Waals surface area (Å²) in [6.07, 6.45) is 0. The van der Waals surface area contributed by atoms with Gasteiger partial charge in [-0.25, -0.2) is 4.98 Å². The molecule has 6 heteroatoms. The number of hydrogen-bond acceptors (Lipinski definition) is 4. The molecule has 3 aromatic rings. The predicted molar refractivity (Wildman–Crippen MR) is 96.2 cm³/mol. The first-order valence-electron chi connectivity index (χ1n) is 7.47. The number of amides is 1. The van der Waals surface area contributed by atoms with Crippen molar-refractivity contribution < 1.29 is 9.53 Å². The average molecular weight is 357 g/mol. The molecule has 120 valence electrons. The zero-order chi connectivity index (χ0) is 16.5. The van der Waals surface area contributed by atoms with Crippen LogP contribution in [0, 0.1) is 0 Å². The van der Waals surface area contributed by atoms with Crippen LogP contribution in [0.25, 0.3) is 10.6 Å². The van der Waals surface area contributed by atoms with Crippen molar-refractivity contribution in [2.45, 2.75) is 0 Å². The molecule has 0 aliphatic carbocycles. The summed E-state index contributed by atoms with van der Waals surface area (Å²) in [5.74, 6) is 0.609. The lowest BCUT2D eigenvalue weighted by Gasteiger charge is -2.28. The quantitative estimate of drug-likeness (QED) is 0.678. The average Bonchev–Trinajstić information content (AvgIpc) is 3.11. The van der Waals surface area contributed by atoms with Crippen LogP contribution < -0.4 is 9.64 Å². The van der Waals surface area contributed by atoms with Crippen molar-refractivity contribution in [2.24, 2.45) is 0 Å². The van der Waals surface area contributed by atoms with E-state index in [0.29, 0.717) is 23.9 Å². The van der Waals surface area contributed by atoms with Crippen molar-refractivity contribution >= 4 is 34.5 Å². The molecule has 0 spiro atoms. The molecule has 0 atom stereocenters. The van der Waals surface area contributed by atoms with Crippen molar-refractivity contribution in [3.8, 4) is 16.3 Å². The van der Waals surface area contributed by atoms with Crippen molar-refractivity contribution in [3.63, 3.8) is 0 Å². The predicted octanol–water partition coefficient (Wildman–Crippen LogP) is 4.50. The summed E-state index contributed by atoms with van der Waals surface area (Å²) in [4.78, 5) is 19.1. The minimum Gasteiger partial charge on any atom is -0.490 e. The minimum atomic E-state index is -0.115. The van der Waals surface area contributed by atoms with E-state index in [-0.39, 0.29) is 5.91 Å². The zero-order valence-corrected chi connectivity index (χ0v) is 14.2. The van der Waals surface area contributed by atoms with Crippen LogP contribution in [0.5, 0.6) is 5.75 Å². The van der Waals surface area contributed by atoms with Gasteiger partial charge in [-0.05, 0) is 24.3 Å². The normalized spacial score (nSPS) is 13.3. The fourth-order valence-electron chi connectivity index (χ4n) is 2.64. The molecular weight excluding hydrogens is 344 g/mol. The van der Waals surface area contributed by atoms with Crippen LogP contribution in [-0.4, -0.2) is 24.0 Å². The monoisotopic (exact) mass is 356 g/mol. The summed E-state index contributed by atoms with van der Waals surface area (Å²) in [6, 6.07) is 15.0. The molecule has 4 nitrogen and oxygen atoms in total. The molecule has 0 saturated carbocycles. The summed E-state index contributed by atoms with van der Waals surface area (Å²) >= 11 is 7.47. The maximum Gasteiger partial charge on any atom is 0.277 e. The Morgan fingerprint density at radius 1 is 1.21 bits per heavy atom. The lowest BCUT2D eigenvalue weighted by Crippen LogP contribution is -2.38. The van der Waals surface area contributed by atoms with Crippen LogP contribution in [0.15, 0.2) is 53.9 Å². The molecule has 0 unspecified atom stereocenters. The van der Waals surface area contributed by atoms with Crippen molar-refractivity contribution in [3.05, 3.63) is 64.6 Å². The third-order valence-corrected chi connectivity index (χ3v) is 4.89. The van der Waals surface area contributed by atoms with E-state index in [0.717, 1.165) is 22.0 Å². The van der Waals surface area contributed by atoms with E-state index >= 15 is 0 Å². The highest BCUT2D eigenvalue weighted by atomic mass is 35.5. The number of benzene rings is 2. The Morgan fingerprint density at radius 2 is 2.08 bits per heavy atom. The van der Waals surface area contributed by atoms with Crippen molar-refractivity contribution in [1.82, 2.24) is 4.98 Å². The Balaban J connectivity index is 1.65. The largest absolute Gasteiger partial charge is 0.490 e. The third-order valence-electron chi connectivity index (χ3n) is 3.77. The van der Waals surface area contributed by atoms with Gasteiger partial charge in [0.2, 0.25) is 0 Å². The van der Waals surface area contributed by atoms with Gasteiger partial charge < -0.3 is 9.64 Å². The SMILES string of the molecule is O=C(c1csc(-c2cccc(Cl)c2)n1)N1CCOc2ccccc21. The van der Waals surface area contributed by atoms with E-state index in [1.54, 1.807) is 10.3 Å². The van der Waals surface area contributed by atoms with Gasteiger partial charge in [0, 0.05) is 16.0 Å². The van der Waals surface area contributed by atoms with Gasteiger partial charge in [0.15, 0.2) is 0 Å². The van der Waals surface area contributed by atoms with E-state index < -0.39 is 0 Å². The van der Waals surface area contributed by atoms with Gasteiger partial charge in [0.25, 0.3) is 5.91 Å². The molecule has 0 radical (unpaired) electrons. The first-order valence-corrected chi connectivity index (χ1v) is 8.73. The fraction of sp³-hybridized carbons (Fsp3) is 0.111. The van der Waals surface area contributed by atoms with Gasteiger partial charge in [-0.3, -0.25) is 4.79 Å². The summed E-state index contributed by atoms with van der Waals surface area (Å²) in [5, 5.41) is 3.22. The molecule has 0 fully saturated rings. The number of thiazole rings is 1. The Labute approximate surface area is 148 Å². The van der Waals surface area contributed by atoms with E-state index in [9.17, 15) is 4.79 Å². The number of halogens is 1. The molecule has 0 N–H and O–H groups in total. The van der Waals surface area contributed by atoms with Gasteiger partial charge >= 0.3 is 0 Å². The first kappa shape index (κ1) is 15.2. The van der Waals surface area contributed by atoms with Gasteiger partial charge in [0.05, 0.1) is 12.2 Å². The fourth-order valence-corrected chi connectivity index (χ4v) is 3.63. The van der Waals surface area contributed by atoms with Crippen LogP contribution in [0.3, 0.4) is 0 Å². The van der Waals surface area contributed by atoms with Crippen LogP contribution >= 0.6 is 22.9 Å². The summed E-state index contributed by atoms with van der Waals surface area (Å²) < 4.78 is 5.60. The maximum absolute atomic E-state index is 12.9. The van der Waals surface area contributed by atoms with Crippen molar-refractivity contribution in [2.75, 3.05) is 18.1 Å². The van der Waals surface area contributed by atoms with Crippen LogP contribution in [-0.2, 0) is 0 Å². The number of aromatic nitrogens is 1. The molecular formula is C18H13ClN2O2S. The highest BCUT2D eigenvalue weighted by Crippen LogP contribution is 2.33. The lowest BCUT2D eigenvalue weighted by atomic mass is 10.2. The van der Waals surface area contributed by atoms with E-state index in [1.165, 1.54) is 11.3 Å². The van der Waals surface area contributed by atoms with E-state index in [1.807, 2.05) is 48.5 Å². The number of carbonyl (C=O) groups is 1. The van der Waals surface area contributed by atoms with E-state index in [4.69, 9.17) is 16.3 Å². The Kier molecular flexibility index (Phi) is 3.96. The van der Waals surface area contributed by atoms with Gasteiger partial charge in [-0.1, -0.05) is 35.9 Å². The van der Waals surface area contributed by atoms with Crippen LogP contribution in [0.1, 0.15) is 10.5 Å². The second-order valence-corrected chi connectivity index (χ2v) is 6.62. The summed E-state index contributed by atoms with van der Waals surface area (Å²) in [5.41, 5.74) is 2.13. The standard InChI is InChI=1S/C18H13ClN2O2S/c19-13-5-3-4-12(10-13)17-20-14(11-24-17)18(22)21-8-9-23-16-7-2-1-6-15(16)21/h1-7,10-11H,8-9H2. The molecule has 1 aliphatic heterocycles. The number of nitrogens with zero attached hydrogens (tertiary/aromatic N) is 2. The first-order chi connectivity index (χ1) is 11.7. The highest BCUT2D eigenvalue weighted by Gasteiger charge is 2.26. The highest BCUT2D eigenvalue weighted by molar-refractivity contribution is 7.13. The smallest absolute Gasteiger partial charge is 0.277 e. The molecule has 2 heterocycles. The molecule has 24 heavy (non-hydrogen) atoms. The Bertz CT molecular complexity index is 909. The molecule has 2 aromatic carbocycles. The van der Waals surface area contributed by atoms with Gasteiger partial charge in [-0.2, -0.15) is 0 Å². The number of rotatable bonds is 2. The molecule has 1 aromatic heterocycles. The topological polar surface area (TPSA) is 42.4 Å². The van der Waals surface area contributed by atoms with Gasteiger partial charge in [0.1, 0.15) is 23.1 Å². The second-order valence-electron chi connectivity index (χ2n) is 5.32. The van der Waals surface area contributed by atoms with Crippen LogP contribution in [0.2, 0.25) is 5.02 Å². The molecule has 1 amide bonds. The zero-order valence-electron chi connectivity index (χ0n) is 12.6. The minimum absolute atomic E-state index is 0.115. The van der Waals surface area contributed by atoms with E-state index in [2.05, 4.69) is 4.98 Å².